The highest BCUT2D eigenvalue weighted by atomic mass is 31.2. The van der Waals surface area contributed by atoms with Crippen LogP contribution in [0.2, 0.25) is 0 Å². The molecule has 0 spiro atoms. The van der Waals surface area contributed by atoms with Gasteiger partial charge in [0.05, 0.1) is 26.4 Å². The van der Waals surface area contributed by atoms with Gasteiger partial charge >= 0.3 is 19.8 Å². The third kappa shape index (κ3) is 33.1. The van der Waals surface area contributed by atoms with Gasteiger partial charge in [0.25, 0.3) is 0 Å². The first-order valence-electron chi connectivity index (χ1n) is 19.1. The lowest BCUT2D eigenvalue weighted by atomic mass is 10.1. The van der Waals surface area contributed by atoms with Crippen molar-refractivity contribution in [2.75, 3.05) is 26.4 Å². The largest absolute Gasteiger partial charge is 0.472 e. The molecule has 0 radical (unpaired) electrons. The van der Waals surface area contributed by atoms with Crippen LogP contribution in [0.1, 0.15) is 149 Å². The molecule has 290 valence electrons. The SMILES string of the molecule is CC/C=C\C/C=C\C/C=C\CCCCCCCC(=O)OC(CO)COP(=O)(O)OCC(CO)OC(=O)CCCCCCC/C=C\CCCCC. The summed E-state index contributed by atoms with van der Waals surface area (Å²) in [7, 11) is -4.64. The average Bonchev–Trinajstić information content (AvgIpc) is 3.10. The lowest BCUT2D eigenvalue weighted by Crippen LogP contribution is -2.28. The fourth-order valence-corrected chi connectivity index (χ4v) is 5.61. The summed E-state index contributed by atoms with van der Waals surface area (Å²) in [5, 5.41) is 19.1. The minimum Gasteiger partial charge on any atom is -0.457 e. The lowest BCUT2D eigenvalue weighted by Gasteiger charge is -2.20. The maximum absolute atomic E-state index is 12.3. The molecule has 0 aromatic carbocycles. The van der Waals surface area contributed by atoms with E-state index in [1.165, 1.54) is 19.3 Å². The third-order valence-corrected chi connectivity index (χ3v) is 8.73. The minimum atomic E-state index is -4.64. The summed E-state index contributed by atoms with van der Waals surface area (Å²) < 4.78 is 32.4. The summed E-state index contributed by atoms with van der Waals surface area (Å²) in [4.78, 5) is 34.3. The minimum absolute atomic E-state index is 0.171. The van der Waals surface area contributed by atoms with Gasteiger partial charge in [0.15, 0.2) is 0 Å². The van der Waals surface area contributed by atoms with E-state index in [0.717, 1.165) is 89.9 Å². The van der Waals surface area contributed by atoms with Gasteiger partial charge in [-0.2, -0.15) is 0 Å². The summed E-state index contributed by atoms with van der Waals surface area (Å²) in [6, 6.07) is 0. The number of unbranched alkanes of at least 4 members (excludes halogenated alkanes) is 13. The molecule has 50 heavy (non-hydrogen) atoms. The normalized spacial score (nSPS) is 14.6. The number of esters is 2. The van der Waals surface area contributed by atoms with Crippen LogP contribution < -0.4 is 0 Å². The molecule has 0 aromatic rings. The van der Waals surface area contributed by atoms with Crippen LogP contribution in [0.4, 0.5) is 0 Å². The number of carbonyl (C=O) groups is 2. The molecule has 0 fully saturated rings. The summed E-state index contributed by atoms with van der Waals surface area (Å²) in [5.41, 5.74) is 0. The van der Waals surface area contributed by atoms with E-state index in [4.69, 9.17) is 18.5 Å². The Kier molecular flexibility index (Phi) is 33.9. The molecule has 3 unspecified atom stereocenters. The first kappa shape index (κ1) is 47.9. The number of phosphoric ester groups is 1. The fraction of sp³-hybridized carbons (Fsp3) is 0.744. The van der Waals surface area contributed by atoms with E-state index in [9.17, 15) is 29.3 Å². The van der Waals surface area contributed by atoms with Gasteiger partial charge in [-0.3, -0.25) is 18.6 Å². The fourth-order valence-electron chi connectivity index (χ4n) is 4.83. The summed E-state index contributed by atoms with van der Waals surface area (Å²) in [6.07, 6.45) is 35.2. The van der Waals surface area contributed by atoms with Gasteiger partial charge in [-0.05, 0) is 70.6 Å². The molecule has 0 saturated heterocycles. The van der Waals surface area contributed by atoms with E-state index in [-0.39, 0.29) is 12.8 Å². The molecule has 3 N–H and O–H groups in total. The number of allylic oxidation sites excluding steroid dienone is 8. The molecule has 10 nitrogen and oxygen atoms in total. The number of aliphatic hydroxyl groups is 2. The number of hydrogen-bond acceptors (Lipinski definition) is 9. The number of carbonyl (C=O) groups excluding carboxylic acids is 2. The van der Waals surface area contributed by atoms with Crippen molar-refractivity contribution in [1.82, 2.24) is 0 Å². The van der Waals surface area contributed by atoms with Gasteiger partial charge in [0.2, 0.25) is 0 Å². The molecule has 0 aliphatic carbocycles. The molecular formula is C39H69O10P. The van der Waals surface area contributed by atoms with E-state index in [1.807, 2.05) is 0 Å². The Hall–Kier alpha value is -2.07. The van der Waals surface area contributed by atoms with Crippen LogP contribution in [0, 0.1) is 0 Å². The van der Waals surface area contributed by atoms with E-state index >= 15 is 0 Å². The van der Waals surface area contributed by atoms with E-state index in [1.54, 1.807) is 0 Å². The standard InChI is InChI=1S/C39H69O10P/c1-3-5-7-9-11-13-15-17-18-19-21-23-25-27-29-31-39(43)49-37(33-41)35-47-50(44,45)46-34-36(32-40)48-38(42)30-28-26-24-22-20-16-14-12-10-8-6-4-2/h5,7,11-14,17-18,36-37,40-41H,3-4,6,8-10,15-16,19-35H2,1-2H3,(H,44,45)/b7-5-,13-11-,14-12-,18-17-. The van der Waals surface area contributed by atoms with Gasteiger partial charge in [0.1, 0.15) is 12.2 Å². The number of rotatable bonds is 35. The Morgan fingerprint density at radius 2 is 0.940 bits per heavy atom. The van der Waals surface area contributed by atoms with Gasteiger partial charge in [-0.25, -0.2) is 4.57 Å². The highest BCUT2D eigenvalue weighted by molar-refractivity contribution is 7.47. The Morgan fingerprint density at radius 1 is 0.560 bits per heavy atom. The maximum Gasteiger partial charge on any atom is 0.472 e. The van der Waals surface area contributed by atoms with Crippen molar-refractivity contribution in [2.45, 2.75) is 161 Å². The lowest BCUT2D eigenvalue weighted by molar-refractivity contribution is -0.153. The topological polar surface area (TPSA) is 149 Å². The predicted molar refractivity (Wildman–Crippen MR) is 201 cm³/mol. The number of phosphoric acid groups is 1. The van der Waals surface area contributed by atoms with E-state index in [0.29, 0.717) is 12.8 Å². The second-order valence-corrected chi connectivity index (χ2v) is 14.0. The molecule has 0 heterocycles. The molecule has 11 heteroatoms. The van der Waals surface area contributed by atoms with Gasteiger partial charge in [-0.15, -0.1) is 0 Å². The van der Waals surface area contributed by atoms with Crippen molar-refractivity contribution >= 4 is 19.8 Å². The second-order valence-electron chi connectivity index (χ2n) is 12.5. The van der Waals surface area contributed by atoms with Crippen molar-refractivity contribution < 1.29 is 47.8 Å². The predicted octanol–water partition coefficient (Wildman–Crippen LogP) is 9.38. The zero-order valence-corrected chi connectivity index (χ0v) is 32.0. The molecule has 0 aliphatic rings. The van der Waals surface area contributed by atoms with Crippen molar-refractivity contribution in [3.8, 4) is 0 Å². The number of hydrogen-bond donors (Lipinski definition) is 3. The summed E-state index contributed by atoms with van der Waals surface area (Å²) in [5.74, 6) is -1.05. The molecule has 0 rings (SSSR count). The first-order valence-corrected chi connectivity index (χ1v) is 20.6. The van der Waals surface area contributed by atoms with Crippen LogP contribution >= 0.6 is 7.82 Å². The average molecular weight is 729 g/mol. The molecule has 3 atom stereocenters. The Morgan fingerprint density at radius 3 is 1.38 bits per heavy atom. The molecule has 0 aromatic heterocycles. The van der Waals surface area contributed by atoms with E-state index < -0.39 is 58.4 Å². The Balaban J connectivity index is 4.02. The van der Waals surface area contributed by atoms with Gasteiger partial charge < -0.3 is 24.6 Å². The van der Waals surface area contributed by atoms with Crippen LogP contribution in [0.25, 0.3) is 0 Å². The molecule has 0 aliphatic heterocycles. The van der Waals surface area contributed by atoms with Crippen molar-refractivity contribution in [1.29, 1.82) is 0 Å². The first-order chi connectivity index (χ1) is 24.3. The van der Waals surface area contributed by atoms with Gasteiger partial charge in [0, 0.05) is 12.8 Å². The third-order valence-electron chi connectivity index (χ3n) is 7.78. The Bertz CT molecular complexity index is 978. The monoisotopic (exact) mass is 728 g/mol. The maximum atomic E-state index is 12.3. The highest BCUT2D eigenvalue weighted by Gasteiger charge is 2.27. The summed E-state index contributed by atoms with van der Waals surface area (Å²) in [6.45, 7) is 2.01. The number of ether oxygens (including phenoxy) is 2. The van der Waals surface area contributed by atoms with Crippen LogP contribution in [0.5, 0.6) is 0 Å². The highest BCUT2D eigenvalue weighted by Crippen LogP contribution is 2.43. The van der Waals surface area contributed by atoms with Crippen LogP contribution in [0.3, 0.4) is 0 Å². The molecular weight excluding hydrogens is 659 g/mol. The summed E-state index contributed by atoms with van der Waals surface area (Å²) >= 11 is 0. The van der Waals surface area contributed by atoms with E-state index in [2.05, 4.69) is 62.5 Å². The van der Waals surface area contributed by atoms with Crippen molar-refractivity contribution in [3.63, 3.8) is 0 Å². The zero-order valence-electron chi connectivity index (χ0n) is 31.1. The van der Waals surface area contributed by atoms with Crippen LogP contribution in [0.15, 0.2) is 48.6 Å². The number of aliphatic hydroxyl groups excluding tert-OH is 2. The van der Waals surface area contributed by atoms with Crippen molar-refractivity contribution in [2.24, 2.45) is 0 Å². The van der Waals surface area contributed by atoms with Gasteiger partial charge in [-0.1, -0.05) is 114 Å². The quantitative estimate of drug-likeness (QED) is 0.0249. The molecule has 0 saturated carbocycles. The van der Waals surface area contributed by atoms with Crippen LogP contribution in [-0.4, -0.2) is 65.7 Å². The molecule has 0 amide bonds. The Labute approximate surface area is 303 Å². The second kappa shape index (κ2) is 35.3. The van der Waals surface area contributed by atoms with Crippen LogP contribution in [-0.2, 0) is 32.7 Å². The smallest absolute Gasteiger partial charge is 0.457 e. The van der Waals surface area contributed by atoms with Crippen molar-refractivity contribution in [3.05, 3.63) is 48.6 Å². The molecule has 0 bridgehead atoms. The zero-order chi connectivity index (χ0) is 37.0.